The highest BCUT2D eigenvalue weighted by Gasteiger charge is 2.11. The van der Waals surface area contributed by atoms with Crippen LogP contribution in [0, 0.1) is 10.1 Å². The van der Waals surface area contributed by atoms with Crippen LogP contribution < -0.4 is 0 Å². The molecule has 0 heterocycles. The van der Waals surface area contributed by atoms with E-state index in [9.17, 15) is 15.2 Å². The van der Waals surface area contributed by atoms with Gasteiger partial charge in [0.25, 0.3) is 5.69 Å². The number of hydrogen-bond acceptors (Lipinski definition) is 4. The van der Waals surface area contributed by atoms with Gasteiger partial charge in [0.1, 0.15) is 0 Å². The van der Waals surface area contributed by atoms with E-state index < -0.39 is 23.2 Å². The molecule has 0 aliphatic carbocycles. The fourth-order valence-electron chi connectivity index (χ4n) is 0.990. The molecule has 5 nitrogen and oxygen atoms in total. The molecule has 0 spiro atoms. The maximum absolute atomic E-state index is 10.6. The highest BCUT2D eigenvalue weighted by atomic mass is 16.6. The minimum atomic E-state index is -2.77. The Kier molecular flexibility index (Phi) is 2.06. The maximum atomic E-state index is 10.6. The standard InChI is InChI=1S/C9H11NO4/c1-6(12)8-2-7(5-11)3-9(4-8)10(13)14/h2-4,6,11-12H,5H2,1H3/i5D2,6D. The molecule has 0 bridgehead atoms. The minimum absolute atomic E-state index is 0.167. The first-order valence-corrected chi connectivity index (χ1v) is 3.77. The van der Waals surface area contributed by atoms with Gasteiger partial charge in [0.05, 0.1) is 21.7 Å². The van der Waals surface area contributed by atoms with Crippen LogP contribution in [0.1, 0.15) is 28.2 Å². The number of nitro groups is 1. The van der Waals surface area contributed by atoms with Crippen LogP contribution >= 0.6 is 0 Å². The van der Waals surface area contributed by atoms with Gasteiger partial charge in [-0.2, -0.15) is 0 Å². The van der Waals surface area contributed by atoms with Crippen LogP contribution in [-0.2, 0) is 6.56 Å². The molecule has 0 saturated heterocycles. The minimum Gasteiger partial charge on any atom is -0.392 e. The Morgan fingerprint density at radius 1 is 1.71 bits per heavy atom. The van der Waals surface area contributed by atoms with Gasteiger partial charge in [-0.05, 0) is 18.1 Å². The molecule has 0 radical (unpaired) electrons. The summed E-state index contributed by atoms with van der Waals surface area (Å²) in [6.07, 6.45) is -2.11. The van der Waals surface area contributed by atoms with E-state index in [2.05, 4.69) is 0 Å². The van der Waals surface area contributed by atoms with Crippen LogP contribution in [0.15, 0.2) is 18.2 Å². The summed E-state index contributed by atoms with van der Waals surface area (Å²) < 4.78 is 21.5. The van der Waals surface area contributed by atoms with Crippen molar-refractivity contribution in [2.45, 2.75) is 19.6 Å². The molecule has 1 aromatic carbocycles. The molecule has 0 saturated carbocycles. The second kappa shape index (κ2) is 4.17. The summed E-state index contributed by atoms with van der Waals surface area (Å²) in [7, 11) is 0. The molecule has 1 aromatic rings. The summed E-state index contributed by atoms with van der Waals surface area (Å²) in [5.74, 6) is 0. The van der Waals surface area contributed by atoms with E-state index in [-0.39, 0.29) is 11.1 Å². The van der Waals surface area contributed by atoms with E-state index in [0.29, 0.717) is 0 Å². The highest BCUT2D eigenvalue weighted by molar-refractivity contribution is 5.39. The number of nitrogens with zero attached hydrogens (tertiary/aromatic N) is 1. The topological polar surface area (TPSA) is 83.6 Å². The predicted molar refractivity (Wildman–Crippen MR) is 49.7 cm³/mol. The summed E-state index contributed by atoms with van der Waals surface area (Å²) in [5.41, 5.74) is -1.04. The van der Waals surface area contributed by atoms with Crippen LogP contribution in [0.5, 0.6) is 0 Å². The van der Waals surface area contributed by atoms with Crippen molar-refractivity contribution in [3.63, 3.8) is 0 Å². The lowest BCUT2D eigenvalue weighted by Gasteiger charge is -2.06. The van der Waals surface area contributed by atoms with Crippen molar-refractivity contribution in [1.29, 1.82) is 0 Å². The van der Waals surface area contributed by atoms with Crippen LogP contribution in [0.3, 0.4) is 0 Å². The molecule has 14 heavy (non-hydrogen) atoms. The Bertz CT molecular complexity index is 418. The van der Waals surface area contributed by atoms with E-state index >= 15 is 0 Å². The second-order valence-electron chi connectivity index (χ2n) is 2.72. The smallest absolute Gasteiger partial charge is 0.270 e. The second-order valence-corrected chi connectivity index (χ2v) is 2.72. The molecule has 0 amide bonds. The maximum Gasteiger partial charge on any atom is 0.270 e. The summed E-state index contributed by atoms with van der Waals surface area (Å²) >= 11 is 0. The molecule has 1 unspecified atom stereocenters. The molecule has 1 rings (SSSR count). The van der Waals surface area contributed by atoms with Gasteiger partial charge in [-0.15, -0.1) is 0 Å². The summed E-state index contributed by atoms with van der Waals surface area (Å²) in [6, 6.07) is 2.83. The van der Waals surface area contributed by atoms with E-state index in [4.69, 9.17) is 9.22 Å². The molecular formula is C9H11NO4. The van der Waals surface area contributed by atoms with E-state index in [1.807, 2.05) is 0 Å². The Hall–Kier alpha value is -1.46. The zero-order chi connectivity index (χ0) is 13.4. The first-order chi connectivity index (χ1) is 7.51. The largest absolute Gasteiger partial charge is 0.392 e. The van der Waals surface area contributed by atoms with Gasteiger partial charge < -0.3 is 10.2 Å². The van der Waals surface area contributed by atoms with Crippen molar-refractivity contribution in [3.05, 3.63) is 39.4 Å². The van der Waals surface area contributed by atoms with Gasteiger partial charge in [-0.3, -0.25) is 10.1 Å². The first kappa shape index (κ1) is 6.92. The molecule has 5 heteroatoms. The summed E-state index contributed by atoms with van der Waals surface area (Å²) in [4.78, 5) is 9.83. The fourth-order valence-corrected chi connectivity index (χ4v) is 0.990. The van der Waals surface area contributed by atoms with Gasteiger partial charge in [-0.25, -0.2) is 0 Å². The number of hydrogen-bond donors (Lipinski definition) is 2. The number of rotatable bonds is 3. The molecule has 0 aliphatic rings. The zero-order valence-electron chi connectivity index (χ0n) is 10.4. The normalized spacial score (nSPS) is 18.9. The van der Waals surface area contributed by atoms with E-state index in [1.54, 1.807) is 0 Å². The van der Waals surface area contributed by atoms with E-state index in [0.717, 1.165) is 25.1 Å². The van der Waals surface area contributed by atoms with Crippen LogP contribution in [-0.4, -0.2) is 15.1 Å². The first-order valence-electron chi connectivity index (χ1n) is 5.27. The van der Waals surface area contributed by atoms with Crippen molar-refractivity contribution in [3.8, 4) is 0 Å². The number of nitro benzene ring substituents is 1. The monoisotopic (exact) mass is 200 g/mol. The molecule has 1 atom stereocenters. The molecule has 0 aliphatic heterocycles. The Morgan fingerprint density at radius 2 is 2.36 bits per heavy atom. The third-order valence-corrected chi connectivity index (χ3v) is 1.68. The molecule has 76 valence electrons. The van der Waals surface area contributed by atoms with Crippen LogP contribution in [0.2, 0.25) is 0 Å². The van der Waals surface area contributed by atoms with Crippen LogP contribution in [0.25, 0.3) is 0 Å². The average Bonchev–Trinajstić information content (AvgIpc) is 2.14. The van der Waals surface area contributed by atoms with Crippen LogP contribution in [0.4, 0.5) is 5.69 Å². The lowest BCUT2D eigenvalue weighted by atomic mass is 10.1. The van der Waals surface area contributed by atoms with Gasteiger partial charge in [0, 0.05) is 12.1 Å². The van der Waals surface area contributed by atoms with Gasteiger partial charge in [0.15, 0.2) is 0 Å². The van der Waals surface area contributed by atoms with Gasteiger partial charge in [-0.1, -0.05) is 6.07 Å². The van der Waals surface area contributed by atoms with Crippen molar-refractivity contribution in [2.24, 2.45) is 0 Å². The molecule has 0 aromatic heterocycles. The van der Waals surface area contributed by atoms with Crippen molar-refractivity contribution in [2.75, 3.05) is 0 Å². The Morgan fingerprint density at radius 3 is 2.79 bits per heavy atom. The van der Waals surface area contributed by atoms with Crippen molar-refractivity contribution in [1.82, 2.24) is 0 Å². The molecule has 0 fully saturated rings. The quantitative estimate of drug-likeness (QED) is 0.566. The lowest BCUT2D eigenvalue weighted by molar-refractivity contribution is -0.385. The summed E-state index contributed by atoms with van der Waals surface area (Å²) in [5, 5.41) is 29.2. The lowest BCUT2D eigenvalue weighted by Crippen LogP contribution is -1.97. The van der Waals surface area contributed by atoms with Crippen molar-refractivity contribution >= 4 is 5.69 Å². The number of benzene rings is 1. The third-order valence-electron chi connectivity index (χ3n) is 1.68. The number of non-ortho nitro benzene ring substituents is 1. The zero-order valence-corrected chi connectivity index (χ0v) is 7.39. The van der Waals surface area contributed by atoms with E-state index in [1.165, 1.54) is 0 Å². The average molecular weight is 200 g/mol. The summed E-state index contributed by atoms with van der Waals surface area (Å²) in [6.45, 7) is -1.69. The van der Waals surface area contributed by atoms with Gasteiger partial charge in [0.2, 0.25) is 0 Å². The fraction of sp³-hybridized carbons (Fsp3) is 0.333. The Labute approximate surface area is 85.0 Å². The number of aliphatic hydroxyl groups is 2. The Balaban J connectivity index is 3.45. The highest BCUT2D eigenvalue weighted by Crippen LogP contribution is 2.21. The van der Waals surface area contributed by atoms with Crippen molar-refractivity contribution < 1.29 is 19.2 Å². The predicted octanol–water partition coefficient (Wildman–Crippen LogP) is 1.14. The molecular weight excluding hydrogens is 186 g/mol. The third kappa shape index (κ3) is 2.27. The van der Waals surface area contributed by atoms with Gasteiger partial charge >= 0.3 is 0 Å². The SMILES string of the molecule is [2H]C([2H])(O)c1cc([N+](=O)[O-])cc(C([2H])(C)O)c1. The molecule has 2 N–H and O–H groups in total.